The molecule has 0 aliphatic heterocycles. The SMILES string of the molecule is COCCOC.NCCN. The molecule has 0 rings (SSSR count). The largest absolute Gasteiger partial charge is 0.382 e. The third-order valence-corrected chi connectivity index (χ3v) is 0.658. The van der Waals surface area contributed by atoms with E-state index >= 15 is 0 Å². The second-order valence-electron chi connectivity index (χ2n) is 1.56. The molecule has 0 aliphatic carbocycles. The van der Waals surface area contributed by atoms with E-state index < -0.39 is 0 Å². The standard InChI is InChI=1S/C4H10O2.C2H8N2/c1-5-3-4-6-2;3-1-2-4/h3-4H2,1-2H3;1-4H2. The van der Waals surface area contributed by atoms with Crippen molar-refractivity contribution >= 4 is 0 Å². The van der Waals surface area contributed by atoms with E-state index in [0.717, 1.165) is 0 Å². The Morgan fingerprint density at radius 2 is 1.20 bits per heavy atom. The summed E-state index contributed by atoms with van der Waals surface area (Å²) >= 11 is 0. The smallest absolute Gasteiger partial charge is 0.0696 e. The van der Waals surface area contributed by atoms with Gasteiger partial charge in [-0.2, -0.15) is 0 Å². The lowest BCUT2D eigenvalue weighted by Crippen LogP contribution is -2.11. The molecule has 0 atom stereocenters. The van der Waals surface area contributed by atoms with Crippen LogP contribution in [0.1, 0.15) is 0 Å². The van der Waals surface area contributed by atoms with Crippen LogP contribution in [0.25, 0.3) is 0 Å². The molecule has 0 bridgehead atoms. The number of hydrogen-bond donors (Lipinski definition) is 2. The van der Waals surface area contributed by atoms with Crippen LogP contribution in [0.4, 0.5) is 0 Å². The van der Waals surface area contributed by atoms with Gasteiger partial charge in [0.25, 0.3) is 0 Å². The van der Waals surface area contributed by atoms with E-state index in [1.54, 1.807) is 14.2 Å². The van der Waals surface area contributed by atoms with Crippen LogP contribution in [-0.4, -0.2) is 40.5 Å². The van der Waals surface area contributed by atoms with Gasteiger partial charge in [-0.1, -0.05) is 0 Å². The molecule has 0 aromatic heterocycles. The molecule has 0 spiro atoms. The summed E-state index contributed by atoms with van der Waals surface area (Å²) in [7, 11) is 3.30. The second kappa shape index (κ2) is 15.9. The lowest BCUT2D eigenvalue weighted by atomic mass is 10.7. The minimum atomic E-state index is 0.597. The van der Waals surface area contributed by atoms with Crippen molar-refractivity contribution in [3.63, 3.8) is 0 Å². The lowest BCUT2D eigenvalue weighted by Gasteiger charge is -1.91. The predicted molar refractivity (Wildman–Crippen MR) is 41.9 cm³/mol. The Morgan fingerprint density at radius 1 is 0.900 bits per heavy atom. The predicted octanol–water partition coefficient (Wildman–Crippen LogP) is -0.817. The van der Waals surface area contributed by atoms with Crippen LogP contribution in [-0.2, 0) is 9.47 Å². The third kappa shape index (κ3) is 24.9. The van der Waals surface area contributed by atoms with Gasteiger partial charge in [0.2, 0.25) is 0 Å². The van der Waals surface area contributed by atoms with Gasteiger partial charge in [-0.3, -0.25) is 0 Å². The quantitative estimate of drug-likeness (QED) is 0.514. The number of ether oxygens (including phenoxy) is 2. The van der Waals surface area contributed by atoms with Crippen LogP contribution >= 0.6 is 0 Å². The molecule has 0 radical (unpaired) electrons. The Hall–Kier alpha value is -0.160. The van der Waals surface area contributed by atoms with E-state index in [9.17, 15) is 0 Å². The molecule has 0 unspecified atom stereocenters. The van der Waals surface area contributed by atoms with Gasteiger partial charge in [0.1, 0.15) is 0 Å². The summed E-state index contributed by atoms with van der Waals surface area (Å²) in [5.41, 5.74) is 9.81. The van der Waals surface area contributed by atoms with Gasteiger partial charge in [0, 0.05) is 27.3 Å². The summed E-state index contributed by atoms with van der Waals surface area (Å²) in [5, 5.41) is 0. The lowest BCUT2D eigenvalue weighted by molar-refractivity contribution is 0.103. The molecule has 0 aromatic carbocycles. The molecule has 10 heavy (non-hydrogen) atoms. The van der Waals surface area contributed by atoms with Crippen molar-refractivity contribution in [2.24, 2.45) is 11.5 Å². The Kier molecular flexibility index (Phi) is 19.9. The van der Waals surface area contributed by atoms with Crippen LogP contribution in [0.2, 0.25) is 0 Å². The summed E-state index contributed by atoms with van der Waals surface area (Å²) in [4.78, 5) is 0. The molecule has 4 N–H and O–H groups in total. The highest BCUT2D eigenvalue weighted by Crippen LogP contribution is 1.65. The monoisotopic (exact) mass is 150 g/mol. The zero-order chi connectivity index (χ0) is 8.24. The molecule has 4 heteroatoms. The van der Waals surface area contributed by atoms with E-state index in [0.29, 0.717) is 26.3 Å². The summed E-state index contributed by atoms with van der Waals surface area (Å²) in [6, 6.07) is 0. The maximum absolute atomic E-state index is 4.90. The zero-order valence-corrected chi connectivity index (χ0v) is 6.80. The van der Waals surface area contributed by atoms with Crippen LogP contribution < -0.4 is 11.5 Å². The molecule has 0 fully saturated rings. The first kappa shape index (κ1) is 12.5. The fourth-order valence-electron chi connectivity index (χ4n) is 0.167. The highest BCUT2D eigenvalue weighted by Gasteiger charge is 1.73. The minimum absolute atomic E-state index is 0.597. The molecular formula is C6H18N2O2. The Bertz CT molecular complexity index is 38.7. The molecule has 0 heterocycles. The topological polar surface area (TPSA) is 70.5 Å². The Labute approximate surface area is 62.5 Å². The normalized spacial score (nSPS) is 8.40. The van der Waals surface area contributed by atoms with Gasteiger partial charge < -0.3 is 20.9 Å². The fourth-order valence-corrected chi connectivity index (χ4v) is 0.167. The molecule has 0 amide bonds. The molecule has 0 saturated heterocycles. The van der Waals surface area contributed by atoms with E-state index in [2.05, 4.69) is 9.47 Å². The minimum Gasteiger partial charge on any atom is -0.382 e. The van der Waals surface area contributed by atoms with Crippen molar-refractivity contribution in [3.05, 3.63) is 0 Å². The van der Waals surface area contributed by atoms with Gasteiger partial charge in [0.05, 0.1) is 13.2 Å². The van der Waals surface area contributed by atoms with Gasteiger partial charge in [-0.15, -0.1) is 0 Å². The average molecular weight is 150 g/mol. The van der Waals surface area contributed by atoms with Crippen molar-refractivity contribution in [1.82, 2.24) is 0 Å². The third-order valence-electron chi connectivity index (χ3n) is 0.658. The first-order valence-electron chi connectivity index (χ1n) is 3.21. The summed E-state index contributed by atoms with van der Waals surface area (Å²) in [6.45, 7) is 2.58. The van der Waals surface area contributed by atoms with Crippen molar-refractivity contribution in [2.45, 2.75) is 0 Å². The molecule has 4 nitrogen and oxygen atoms in total. The summed E-state index contributed by atoms with van der Waals surface area (Å²) in [5.74, 6) is 0. The second-order valence-corrected chi connectivity index (χ2v) is 1.56. The van der Waals surface area contributed by atoms with E-state index in [1.165, 1.54) is 0 Å². The number of methoxy groups -OCH3 is 2. The van der Waals surface area contributed by atoms with Gasteiger partial charge in [-0.25, -0.2) is 0 Å². The van der Waals surface area contributed by atoms with Crippen LogP contribution in [0, 0.1) is 0 Å². The first-order valence-corrected chi connectivity index (χ1v) is 3.21. The molecule has 64 valence electrons. The van der Waals surface area contributed by atoms with E-state index in [4.69, 9.17) is 11.5 Å². The Morgan fingerprint density at radius 3 is 1.30 bits per heavy atom. The number of nitrogens with two attached hydrogens (primary N) is 2. The number of rotatable bonds is 4. The summed E-state index contributed by atoms with van der Waals surface area (Å²) in [6.07, 6.45) is 0. The molecule has 0 aromatic rings. The highest BCUT2D eigenvalue weighted by atomic mass is 16.5. The van der Waals surface area contributed by atoms with Crippen LogP contribution in [0.15, 0.2) is 0 Å². The average Bonchev–Trinajstić information content (AvgIpc) is 2.01. The fraction of sp³-hybridized carbons (Fsp3) is 1.00. The van der Waals surface area contributed by atoms with Gasteiger partial charge >= 0.3 is 0 Å². The summed E-state index contributed by atoms with van der Waals surface area (Å²) < 4.78 is 9.31. The molecular weight excluding hydrogens is 132 g/mol. The van der Waals surface area contributed by atoms with Crippen LogP contribution in [0.5, 0.6) is 0 Å². The van der Waals surface area contributed by atoms with E-state index in [1.807, 2.05) is 0 Å². The van der Waals surface area contributed by atoms with Gasteiger partial charge in [0.15, 0.2) is 0 Å². The highest BCUT2D eigenvalue weighted by molar-refractivity contribution is 4.26. The van der Waals surface area contributed by atoms with E-state index in [-0.39, 0.29) is 0 Å². The van der Waals surface area contributed by atoms with Crippen molar-refractivity contribution in [3.8, 4) is 0 Å². The maximum Gasteiger partial charge on any atom is 0.0696 e. The van der Waals surface area contributed by atoms with Crippen molar-refractivity contribution in [1.29, 1.82) is 0 Å². The van der Waals surface area contributed by atoms with Crippen LogP contribution in [0.3, 0.4) is 0 Å². The number of hydrogen-bond acceptors (Lipinski definition) is 4. The first-order chi connectivity index (χ1) is 4.83. The zero-order valence-electron chi connectivity index (χ0n) is 6.80. The maximum atomic E-state index is 4.90. The Balaban J connectivity index is 0. The molecule has 0 saturated carbocycles. The molecule has 0 aliphatic rings. The van der Waals surface area contributed by atoms with Crippen molar-refractivity contribution < 1.29 is 9.47 Å². The van der Waals surface area contributed by atoms with Gasteiger partial charge in [-0.05, 0) is 0 Å². The van der Waals surface area contributed by atoms with Crippen molar-refractivity contribution in [2.75, 3.05) is 40.5 Å².